The maximum Gasteiger partial charge on any atom is 0.303 e. The highest BCUT2D eigenvalue weighted by molar-refractivity contribution is 8.03. The first-order chi connectivity index (χ1) is 23.4. The number of hydrogen-bond acceptors (Lipinski definition) is 20. The quantitative estimate of drug-likeness (QED) is 0.127. The Hall–Kier alpha value is -3.62. The van der Waals surface area contributed by atoms with E-state index in [9.17, 15) is 38.4 Å². The molecule has 20 heteroatoms. The summed E-state index contributed by atoms with van der Waals surface area (Å²) in [4.78, 5) is 95.7. The minimum atomic E-state index is -1.35. The Bertz CT molecular complexity index is 1160. The third-order valence-electron chi connectivity index (χ3n) is 6.54. The number of esters is 8. The summed E-state index contributed by atoms with van der Waals surface area (Å²) < 4.78 is 55.0. The molecule has 0 amide bonds. The van der Waals surface area contributed by atoms with Gasteiger partial charge >= 0.3 is 47.8 Å². The lowest BCUT2D eigenvalue weighted by Crippen LogP contribution is -2.61. The Morgan fingerprint density at radius 2 is 0.660 bits per heavy atom. The van der Waals surface area contributed by atoms with E-state index in [-0.39, 0.29) is 11.5 Å². The van der Waals surface area contributed by atoms with Gasteiger partial charge in [-0.05, 0) is 0 Å². The second-order valence-electron chi connectivity index (χ2n) is 10.9. The first-order valence-electron chi connectivity index (χ1n) is 15.2. The smallest absolute Gasteiger partial charge is 0.303 e. The molecule has 0 saturated carbocycles. The number of ether oxygens (including phenoxy) is 10. The van der Waals surface area contributed by atoms with Gasteiger partial charge in [0.15, 0.2) is 36.6 Å². The van der Waals surface area contributed by atoms with Crippen LogP contribution in [0.15, 0.2) is 0 Å². The van der Waals surface area contributed by atoms with Crippen molar-refractivity contribution in [3.63, 3.8) is 0 Å². The van der Waals surface area contributed by atoms with Gasteiger partial charge < -0.3 is 47.4 Å². The standard InChI is InChI=1S/C30H42O18S2/c1-13(31)39-11-21-23(41-15(3)33)25(43-17(5)35)27(45-19(7)37)29(47-21)49-9-10-50-30-28(46-20(8)38)26(44-18(6)36)24(42-16(4)34)22(48-30)12-40-14(2)32/h21-30H,9-12H2,1-8H3/t21-,22-,23-,24-,25+,26+,27+,28+,29-,30-/m1/s1. The molecular formula is C30H42O18S2. The Balaban J connectivity index is 2.36. The van der Waals surface area contributed by atoms with Crippen molar-refractivity contribution in [1.82, 2.24) is 0 Å². The Morgan fingerprint density at radius 1 is 0.400 bits per heavy atom. The lowest BCUT2D eigenvalue weighted by molar-refractivity contribution is -0.237. The van der Waals surface area contributed by atoms with E-state index in [0.717, 1.165) is 78.9 Å². The van der Waals surface area contributed by atoms with Gasteiger partial charge in [0.2, 0.25) is 0 Å². The van der Waals surface area contributed by atoms with Gasteiger partial charge in [-0.25, -0.2) is 0 Å². The van der Waals surface area contributed by atoms with Gasteiger partial charge in [0, 0.05) is 66.9 Å². The summed E-state index contributed by atoms with van der Waals surface area (Å²) in [5, 5.41) is 0. The molecule has 0 spiro atoms. The highest BCUT2D eigenvalue weighted by atomic mass is 32.2. The Labute approximate surface area is 296 Å². The molecule has 2 fully saturated rings. The monoisotopic (exact) mass is 754 g/mol. The summed E-state index contributed by atoms with van der Waals surface area (Å²) in [6.07, 6.45) is -10.2. The second kappa shape index (κ2) is 20.3. The molecule has 2 aliphatic rings. The van der Waals surface area contributed by atoms with E-state index in [1.54, 1.807) is 0 Å². The van der Waals surface area contributed by atoms with Crippen LogP contribution in [-0.2, 0) is 85.7 Å². The topological polar surface area (TPSA) is 229 Å². The molecular weight excluding hydrogens is 712 g/mol. The summed E-state index contributed by atoms with van der Waals surface area (Å²) >= 11 is 2.19. The number of thioether (sulfide) groups is 2. The zero-order valence-corrected chi connectivity index (χ0v) is 30.4. The van der Waals surface area contributed by atoms with Crippen molar-refractivity contribution in [2.24, 2.45) is 0 Å². The summed E-state index contributed by atoms with van der Waals surface area (Å²) in [6.45, 7) is 8.22. The van der Waals surface area contributed by atoms with Crippen molar-refractivity contribution < 1.29 is 85.7 Å². The lowest BCUT2D eigenvalue weighted by Gasteiger charge is -2.44. The molecule has 0 N–H and O–H groups in total. The molecule has 282 valence electrons. The van der Waals surface area contributed by atoms with Crippen LogP contribution < -0.4 is 0 Å². The van der Waals surface area contributed by atoms with Gasteiger partial charge in [0.25, 0.3) is 0 Å². The van der Waals surface area contributed by atoms with Crippen LogP contribution in [0.2, 0.25) is 0 Å². The third kappa shape index (κ3) is 13.9. The van der Waals surface area contributed by atoms with Gasteiger partial charge in [0.1, 0.15) is 36.3 Å². The molecule has 0 unspecified atom stereocenters. The SMILES string of the molecule is CC(=O)OC[C@H]1O[C@H](SCCS[C@H]2O[C@H](COC(C)=O)[C@@H](OC(C)=O)[C@H](OC(C)=O)[C@@H]2OC(C)=O)[C@@H](OC(C)=O)[C@@H](OC(C)=O)[C@@H]1OC(C)=O. The van der Waals surface area contributed by atoms with E-state index in [4.69, 9.17) is 47.4 Å². The minimum Gasteiger partial charge on any atom is -0.463 e. The van der Waals surface area contributed by atoms with Crippen molar-refractivity contribution in [2.45, 2.75) is 115 Å². The number of carbonyl (C=O) groups is 8. The molecule has 2 heterocycles. The van der Waals surface area contributed by atoms with Gasteiger partial charge in [0.05, 0.1) is 0 Å². The lowest BCUT2D eigenvalue weighted by atomic mass is 9.99. The molecule has 0 aliphatic carbocycles. The normalized spacial score (nSPS) is 29.0. The van der Waals surface area contributed by atoms with Crippen LogP contribution in [0.4, 0.5) is 0 Å². The fraction of sp³-hybridized carbons (Fsp3) is 0.733. The molecule has 2 aliphatic heterocycles. The van der Waals surface area contributed by atoms with Crippen LogP contribution in [0.3, 0.4) is 0 Å². The molecule has 0 aromatic rings. The first kappa shape index (κ1) is 42.5. The largest absolute Gasteiger partial charge is 0.463 e. The van der Waals surface area contributed by atoms with E-state index in [1.807, 2.05) is 0 Å². The van der Waals surface area contributed by atoms with E-state index < -0.39 is 121 Å². The van der Waals surface area contributed by atoms with Crippen molar-refractivity contribution in [2.75, 3.05) is 24.7 Å². The maximum atomic E-state index is 12.1. The van der Waals surface area contributed by atoms with E-state index in [1.165, 1.54) is 0 Å². The molecule has 0 aromatic carbocycles. The van der Waals surface area contributed by atoms with Gasteiger partial charge in [-0.15, -0.1) is 23.5 Å². The predicted molar refractivity (Wildman–Crippen MR) is 169 cm³/mol. The summed E-state index contributed by atoms with van der Waals surface area (Å²) in [5.41, 5.74) is -2.10. The highest BCUT2D eigenvalue weighted by Crippen LogP contribution is 2.37. The van der Waals surface area contributed by atoms with Crippen LogP contribution in [-0.4, -0.2) is 132 Å². The Morgan fingerprint density at radius 3 is 0.920 bits per heavy atom. The van der Waals surface area contributed by atoms with E-state index >= 15 is 0 Å². The van der Waals surface area contributed by atoms with Crippen molar-refractivity contribution in [3.8, 4) is 0 Å². The molecule has 0 bridgehead atoms. The van der Waals surface area contributed by atoms with E-state index in [2.05, 4.69) is 0 Å². The first-order valence-corrected chi connectivity index (χ1v) is 17.3. The number of rotatable bonds is 15. The number of carbonyl (C=O) groups excluding carboxylic acids is 8. The molecule has 18 nitrogen and oxygen atoms in total. The van der Waals surface area contributed by atoms with Gasteiger partial charge in [-0.3, -0.25) is 38.4 Å². The zero-order chi connectivity index (χ0) is 37.7. The van der Waals surface area contributed by atoms with E-state index in [0.29, 0.717) is 0 Å². The predicted octanol–water partition coefficient (Wildman–Crippen LogP) is 0.619. The summed E-state index contributed by atoms with van der Waals surface area (Å²) in [6, 6.07) is 0. The number of hydrogen-bond donors (Lipinski definition) is 0. The molecule has 10 atom stereocenters. The molecule has 0 radical (unpaired) electrons. The second-order valence-corrected chi connectivity index (χ2v) is 13.3. The van der Waals surface area contributed by atoms with Crippen molar-refractivity contribution >= 4 is 71.3 Å². The Kier molecular flexibility index (Phi) is 17.3. The van der Waals surface area contributed by atoms with Gasteiger partial charge in [-0.2, -0.15) is 0 Å². The van der Waals surface area contributed by atoms with Crippen LogP contribution in [0, 0.1) is 0 Å². The van der Waals surface area contributed by atoms with Crippen LogP contribution >= 0.6 is 23.5 Å². The highest BCUT2D eigenvalue weighted by Gasteiger charge is 2.54. The van der Waals surface area contributed by atoms with Gasteiger partial charge in [-0.1, -0.05) is 0 Å². The third-order valence-corrected chi connectivity index (χ3v) is 9.10. The molecule has 2 rings (SSSR count). The van der Waals surface area contributed by atoms with Crippen molar-refractivity contribution in [3.05, 3.63) is 0 Å². The van der Waals surface area contributed by atoms with Crippen LogP contribution in [0.1, 0.15) is 55.4 Å². The maximum absolute atomic E-state index is 12.1. The van der Waals surface area contributed by atoms with Crippen LogP contribution in [0.25, 0.3) is 0 Å². The summed E-state index contributed by atoms with van der Waals surface area (Å²) in [5.74, 6) is -5.52. The van der Waals surface area contributed by atoms with Crippen LogP contribution in [0.5, 0.6) is 0 Å². The molecule has 50 heavy (non-hydrogen) atoms. The fourth-order valence-corrected chi connectivity index (χ4v) is 7.45. The average Bonchev–Trinajstić information content (AvgIpc) is 2.97. The zero-order valence-electron chi connectivity index (χ0n) is 28.8. The molecule has 0 aromatic heterocycles. The molecule has 2 saturated heterocycles. The summed E-state index contributed by atoms with van der Waals surface area (Å²) in [7, 11) is 0. The average molecular weight is 755 g/mol. The van der Waals surface area contributed by atoms with Crippen molar-refractivity contribution in [1.29, 1.82) is 0 Å². The minimum absolute atomic E-state index is 0.200. The fourth-order valence-electron chi connectivity index (χ4n) is 4.97.